The molecule has 1 fully saturated rings. The van der Waals surface area contributed by atoms with Crippen LogP contribution in [0, 0.1) is 5.92 Å². The van der Waals surface area contributed by atoms with Gasteiger partial charge in [0.05, 0.1) is 6.42 Å². The number of carbonyl (C=O) groups excluding carboxylic acids is 4. The summed E-state index contributed by atoms with van der Waals surface area (Å²) < 4.78 is 4.87. The van der Waals surface area contributed by atoms with E-state index in [1.807, 2.05) is 0 Å². The predicted molar refractivity (Wildman–Crippen MR) is 69.7 cm³/mol. The van der Waals surface area contributed by atoms with E-state index in [2.05, 4.69) is 6.58 Å². The molecule has 3 N–H and O–H groups in total. The van der Waals surface area contributed by atoms with Crippen molar-refractivity contribution in [3.63, 3.8) is 0 Å². The molecule has 0 saturated carbocycles. The summed E-state index contributed by atoms with van der Waals surface area (Å²) in [5, 5.41) is 8.98. The number of hydroxylamine groups is 2. The van der Waals surface area contributed by atoms with Crippen molar-refractivity contribution in [3.8, 4) is 0 Å². The Labute approximate surface area is 121 Å². The molecule has 1 aliphatic rings. The van der Waals surface area contributed by atoms with Crippen LogP contribution in [0.3, 0.4) is 0 Å². The third-order valence-electron chi connectivity index (χ3n) is 3.11. The van der Waals surface area contributed by atoms with Crippen molar-refractivity contribution in [1.82, 2.24) is 5.06 Å². The number of imide groups is 1. The first-order valence-electron chi connectivity index (χ1n) is 6.54. The lowest BCUT2D eigenvalue weighted by molar-refractivity contribution is -0.177. The molecule has 0 aromatic heterocycles. The molecular formula is C13H18N2O6. The maximum Gasteiger partial charge on any atom is 0.317 e. The summed E-state index contributed by atoms with van der Waals surface area (Å²) in [6.07, 6.45) is 0.592. The predicted octanol–water partition coefficient (Wildman–Crippen LogP) is -0.453. The Morgan fingerprint density at radius 2 is 2.14 bits per heavy atom. The van der Waals surface area contributed by atoms with Crippen molar-refractivity contribution < 1.29 is 29.1 Å². The standard InChI is InChI=1S/C13H18N2O6/c1-2-9(16)8(5-3-4-6-14)13(19)21-10-7-11(17)15(20)12(10)18/h2,8,10,20H,1,3-7,14H2. The zero-order valence-corrected chi connectivity index (χ0v) is 11.5. The molecule has 116 valence electrons. The van der Waals surface area contributed by atoms with Gasteiger partial charge in [0.25, 0.3) is 11.8 Å². The van der Waals surface area contributed by atoms with Gasteiger partial charge in [-0.05, 0) is 25.5 Å². The molecule has 1 rings (SSSR count). The molecule has 8 heteroatoms. The van der Waals surface area contributed by atoms with E-state index < -0.39 is 42.0 Å². The fourth-order valence-corrected chi connectivity index (χ4v) is 1.92. The van der Waals surface area contributed by atoms with Crippen LogP contribution in [-0.4, -0.2) is 46.5 Å². The zero-order chi connectivity index (χ0) is 16.0. The molecule has 1 saturated heterocycles. The largest absolute Gasteiger partial charge is 0.451 e. The number of carbonyl (C=O) groups is 4. The number of unbranched alkanes of at least 4 members (excludes halogenated alkanes) is 1. The van der Waals surface area contributed by atoms with Crippen LogP contribution in [0.1, 0.15) is 25.7 Å². The number of nitrogens with zero attached hydrogens (tertiary/aromatic N) is 1. The van der Waals surface area contributed by atoms with Crippen LogP contribution in [0.15, 0.2) is 12.7 Å². The fraction of sp³-hybridized carbons (Fsp3) is 0.538. The summed E-state index contributed by atoms with van der Waals surface area (Å²) >= 11 is 0. The van der Waals surface area contributed by atoms with Crippen molar-refractivity contribution >= 4 is 23.6 Å². The number of esters is 1. The quantitative estimate of drug-likeness (QED) is 0.155. The monoisotopic (exact) mass is 298 g/mol. The van der Waals surface area contributed by atoms with Gasteiger partial charge in [0, 0.05) is 0 Å². The van der Waals surface area contributed by atoms with E-state index >= 15 is 0 Å². The summed E-state index contributed by atoms with van der Waals surface area (Å²) in [6, 6.07) is 0. The van der Waals surface area contributed by atoms with Crippen molar-refractivity contribution in [2.45, 2.75) is 31.8 Å². The van der Waals surface area contributed by atoms with Crippen molar-refractivity contribution in [1.29, 1.82) is 0 Å². The number of ketones is 1. The summed E-state index contributed by atoms with van der Waals surface area (Å²) in [7, 11) is 0. The van der Waals surface area contributed by atoms with E-state index in [1.54, 1.807) is 0 Å². The molecule has 2 amide bonds. The molecular weight excluding hydrogens is 280 g/mol. The minimum atomic E-state index is -1.38. The first kappa shape index (κ1) is 17.0. The Morgan fingerprint density at radius 1 is 1.48 bits per heavy atom. The number of hydrogen-bond acceptors (Lipinski definition) is 7. The van der Waals surface area contributed by atoms with Gasteiger partial charge >= 0.3 is 5.97 Å². The van der Waals surface area contributed by atoms with Crippen LogP contribution in [-0.2, 0) is 23.9 Å². The third-order valence-corrected chi connectivity index (χ3v) is 3.11. The van der Waals surface area contributed by atoms with Crippen LogP contribution in [0.25, 0.3) is 0 Å². The van der Waals surface area contributed by atoms with E-state index in [1.165, 1.54) is 0 Å². The molecule has 0 aliphatic carbocycles. The van der Waals surface area contributed by atoms with E-state index in [0.717, 1.165) is 6.08 Å². The number of rotatable bonds is 8. The van der Waals surface area contributed by atoms with Gasteiger partial charge < -0.3 is 10.5 Å². The Hall–Kier alpha value is -2.06. The SMILES string of the molecule is C=CC(=O)C(CCCCN)C(=O)OC1CC(=O)N(O)C1=O. The highest BCUT2D eigenvalue weighted by Crippen LogP contribution is 2.19. The maximum atomic E-state index is 12.0. The smallest absolute Gasteiger partial charge is 0.317 e. The van der Waals surface area contributed by atoms with Crippen molar-refractivity contribution in [2.24, 2.45) is 11.7 Å². The molecule has 0 bridgehead atoms. The van der Waals surface area contributed by atoms with Gasteiger partial charge in [-0.1, -0.05) is 13.0 Å². The third kappa shape index (κ3) is 4.20. The summed E-state index contributed by atoms with van der Waals surface area (Å²) in [5.41, 5.74) is 5.34. The molecule has 0 spiro atoms. The second kappa shape index (κ2) is 7.65. The maximum absolute atomic E-state index is 12.0. The Morgan fingerprint density at radius 3 is 2.62 bits per heavy atom. The van der Waals surface area contributed by atoms with Gasteiger partial charge in [-0.2, -0.15) is 5.06 Å². The van der Waals surface area contributed by atoms with Crippen molar-refractivity contribution in [2.75, 3.05) is 6.54 Å². The number of nitrogens with two attached hydrogens (primary N) is 1. The van der Waals surface area contributed by atoms with Gasteiger partial charge in [0.2, 0.25) is 0 Å². The minimum Gasteiger partial charge on any atom is -0.451 e. The van der Waals surface area contributed by atoms with Crippen LogP contribution in [0.5, 0.6) is 0 Å². The van der Waals surface area contributed by atoms with Crippen molar-refractivity contribution in [3.05, 3.63) is 12.7 Å². The van der Waals surface area contributed by atoms with Crippen LogP contribution >= 0.6 is 0 Å². The van der Waals surface area contributed by atoms with Gasteiger partial charge in [-0.3, -0.25) is 24.4 Å². The van der Waals surface area contributed by atoms with Gasteiger partial charge in [0.1, 0.15) is 5.92 Å². The van der Waals surface area contributed by atoms with Crippen LogP contribution in [0.4, 0.5) is 0 Å². The molecule has 2 unspecified atom stereocenters. The summed E-state index contributed by atoms with van der Waals surface area (Å²) in [4.78, 5) is 46.2. The number of allylic oxidation sites excluding steroid dienone is 1. The average Bonchev–Trinajstić information content (AvgIpc) is 2.70. The molecule has 21 heavy (non-hydrogen) atoms. The Kier molecular flexibility index (Phi) is 6.19. The molecule has 2 atom stereocenters. The van der Waals surface area contributed by atoms with E-state index in [4.69, 9.17) is 15.7 Å². The van der Waals surface area contributed by atoms with Gasteiger partial charge in [-0.25, -0.2) is 0 Å². The topological polar surface area (TPSA) is 127 Å². The van der Waals surface area contributed by atoms with Crippen LogP contribution < -0.4 is 5.73 Å². The highest BCUT2D eigenvalue weighted by atomic mass is 16.6. The average molecular weight is 298 g/mol. The molecule has 8 nitrogen and oxygen atoms in total. The second-order valence-corrected chi connectivity index (χ2v) is 4.62. The molecule has 0 aromatic rings. The number of ether oxygens (including phenoxy) is 1. The fourth-order valence-electron chi connectivity index (χ4n) is 1.92. The highest BCUT2D eigenvalue weighted by molar-refractivity contribution is 6.07. The lowest BCUT2D eigenvalue weighted by atomic mass is 9.97. The lowest BCUT2D eigenvalue weighted by Crippen LogP contribution is -2.34. The van der Waals surface area contributed by atoms with E-state index in [9.17, 15) is 19.2 Å². The second-order valence-electron chi connectivity index (χ2n) is 4.62. The summed E-state index contributed by atoms with van der Waals surface area (Å²) in [5.74, 6) is -4.37. The van der Waals surface area contributed by atoms with Crippen LogP contribution in [0.2, 0.25) is 0 Å². The Balaban J connectivity index is 2.68. The Bertz CT molecular complexity index is 462. The lowest BCUT2D eigenvalue weighted by Gasteiger charge is -2.15. The highest BCUT2D eigenvalue weighted by Gasteiger charge is 2.42. The van der Waals surface area contributed by atoms with E-state index in [0.29, 0.717) is 19.4 Å². The molecule has 1 aliphatic heterocycles. The normalized spacial score (nSPS) is 19.5. The number of hydrogen-bond donors (Lipinski definition) is 2. The molecule has 1 heterocycles. The summed E-state index contributed by atoms with van der Waals surface area (Å²) in [6.45, 7) is 3.74. The van der Waals surface area contributed by atoms with Gasteiger partial charge in [-0.15, -0.1) is 0 Å². The number of amides is 2. The first-order valence-corrected chi connectivity index (χ1v) is 6.54. The van der Waals surface area contributed by atoms with E-state index in [-0.39, 0.29) is 11.5 Å². The minimum absolute atomic E-state index is 0.0866. The molecule has 0 aromatic carbocycles. The zero-order valence-electron chi connectivity index (χ0n) is 11.5. The molecule has 0 radical (unpaired) electrons. The first-order chi connectivity index (χ1) is 9.92. The van der Waals surface area contributed by atoms with Gasteiger partial charge in [0.15, 0.2) is 11.9 Å².